The Morgan fingerprint density at radius 2 is 1.75 bits per heavy atom. The van der Waals surface area contributed by atoms with Crippen LogP contribution in [0.2, 0.25) is 0 Å². The molecule has 162 valence electrons. The predicted molar refractivity (Wildman–Crippen MR) is 117 cm³/mol. The van der Waals surface area contributed by atoms with Crippen molar-refractivity contribution in [1.29, 1.82) is 0 Å². The van der Waals surface area contributed by atoms with Gasteiger partial charge >= 0.3 is 0 Å². The van der Waals surface area contributed by atoms with Gasteiger partial charge in [-0.05, 0) is 29.8 Å². The van der Waals surface area contributed by atoms with Gasteiger partial charge in [-0.2, -0.15) is 0 Å². The van der Waals surface area contributed by atoms with Crippen molar-refractivity contribution in [2.75, 3.05) is 26.2 Å². The van der Waals surface area contributed by atoms with Crippen molar-refractivity contribution in [1.82, 2.24) is 10.2 Å². The van der Waals surface area contributed by atoms with Crippen LogP contribution in [0.5, 0.6) is 17.2 Å². The molecular weight excluding hydrogens is 434 g/mol. The van der Waals surface area contributed by atoms with Crippen LogP contribution in [0.25, 0.3) is 11.0 Å². The zero-order valence-electron chi connectivity index (χ0n) is 17.3. The van der Waals surface area contributed by atoms with Crippen molar-refractivity contribution in [3.8, 4) is 17.2 Å². The number of carbonyl (C=O) groups excluding carboxylic acids is 1. The van der Waals surface area contributed by atoms with Gasteiger partial charge in [-0.1, -0.05) is 23.5 Å². The second-order valence-corrected chi connectivity index (χ2v) is 7.74. The fraction of sp³-hybridized carbons (Fsp3) is 0.182. The molecule has 0 spiro atoms. The van der Waals surface area contributed by atoms with Gasteiger partial charge in [0.05, 0.1) is 38.3 Å². The molecule has 0 fully saturated rings. The zero-order chi connectivity index (χ0) is 22.4. The number of anilines is 1. The minimum Gasteiger partial charge on any atom is -0.493 e. The standard InChI is InChI=1S/C22H17N3O6S/c1-28-14-8-11(9-15(29-2)19(14)30-3)17-16-18(26)12-6-4-5-7-13(12)31-20(16)21(27)25(17)22-24-23-10-32-22/h4-10,17H,1-3H3. The fourth-order valence-corrected chi connectivity index (χ4v) is 4.55. The van der Waals surface area contributed by atoms with E-state index >= 15 is 0 Å². The Kier molecular flexibility index (Phi) is 4.78. The van der Waals surface area contributed by atoms with E-state index in [0.29, 0.717) is 38.9 Å². The highest BCUT2D eigenvalue weighted by atomic mass is 32.1. The van der Waals surface area contributed by atoms with E-state index in [4.69, 9.17) is 18.6 Å². The van der Waals surface area contributed by atoms with Crippen LogP contribution < -0.4 is 24.5 Å². The third-order valence-corrected chi connectivity index (χ3v) is 6.02. The predicted octanol–water partition coefficient (Wildman–Crippen LogP) is 3.42. The van der Waals surface area contributed by atoms with E-state index in [1.54, 1.807) is 36.4 Å². The lowest BCUT2D eigenvalue weighted by Crippen LogP contribution is -2.29. The molecule has 3 heterocycles. The minimum atomic E-state index is -0.819. The summed E-state index contributed by atoms with van der Waals surface area (Å²) in [7, 11) is 4.50. The summed E-state index contributed by atoms with van der Waals surface area (Å²) in [5.74, 6) is 0.688. The molecule has 0 saturated heterocycles. The molecule has 1 aliphatic rings. The Bertz CT molecular complexity index is 1370. The van der Waals surface area contributed by atoms with Crippen molar-refractivity contribution in [3.63, 3.8) is 0 Å². The number of ether oxygens (including phenoxy) is 3. The number of amides is 1. The molecular formula is C22H17N3O6S. The smallest absolute Gasteiger partial charge is 0.297 e. The fourth-order valence-electron chi connectivity index (χ4n) is 3.96. The number of rotatable bonds is 5. The van der Waals surface area contributed by atoms with Gasteiger partial charge in [-0.15, -0.1) is 10.2 Å². The normalized spacial score (nSPS) is 15.2. The summed E-state index contributed by atoms with van der Waals surface area (Å²) < 4.78 is 22.3. The molecule has 1 atom stereocenters. The number of para-hydroxylation sites is 1. The van der Waals surface area contributed by atoms with Gasteiger partial charge in [-0.25, -0.2) is 0 Å². The average molecular weight is 451 g/mol. The Labute approximate surface area is 185 Å². The van der Waals surface area contributed by atoms with Crippen molar-refractivity contribution in [2.45, 2.75) is 6.04 Å². The molecule has 0 bridgehead atoms. The lowest BCUT2D eigenvalue weighted by atomic mass is 9.98. The zero-order valence-corrected chi connectivity index (χ0v) is 18.1. The molecule has 2 aromatic heterocycles. The summed E-state index contributed by atoms with van der Waals surface area (Å²) in [6, 6.07) is 9.42. The van der Waals surface area contributed by atoms with Crippen LogP contribution in [0.3, 0.4) is 0 Å². The first-order valence-electron chi connectivity index (χ1n) is 9.54. The van der Waals surface area contributed by atoms with E-state index in [1.807, 2.05) is 0 Å². The molecule has 0 radical (unpaired) electrons. The Hall–Kier alpha value is -3.92. The van der Waals surface area contributed by atoms with Crippen LogP contribution in [-0.2, 0) is 0 Å². The van der Waals surface area contributed by atoms with E-state index < -0.39 is 11.9 Å². The van der Waals surface area contributed by atoms with Crippen LogP contribution in [0.15, 0.2) is 51.1 Å². The Balaban J connectivity index is 1.83. The number of carbonyl (C=O) groups is 1. The summed E-state index contributed by atoms with van der Waals surface area (Å²) in [6.07, 6.45) is 0. The molecule has 32 heavy (non-hydrogen) atoms. The van der Waals surface area contributed by atoms with Crippen LogP contribution in [-0.4, -0.2) is 37.4 Å². The van der Waals surface area contributed by atoms with Crippen LogP contribution in [0, 0.1) is 0 Å². The van der Waals surface area contributed by atoms with E-state index in [-0.39, 0.29) is 16.8 Å². The molecule has 1 unspecified atom stereocenters. The summed E-state index contributed by atoms with van der Waals surface area (Å²) in [5, 5.41) is 8.65. The molecule has 1 aliphatic heterocycles. The maximum Gasteiger partial charge on any atom is 0.297 e. The number of benzene rings is 2. The van der Waals surface area contributed by atoms with Crippen molar-refractivity contribution >= 4 is 33.3 Å². The number of hydrogen-bond donors (Lipinski definition) is 0. The number of hydrogen-bond acceptors (Lipinski definition) is 9. The molecule has 1 amide bonds. The lowest BCUT2D eigenvalue weighted by molar-refractivity contribution is 0.0970. The quantitative estimate of drug-likeness (QED) is 0.455. The first-order valence-corrected chi connectivity index (χ1v) is 10.4. The third kappa shape index (κ3) is 2.83. The van der Waals surface area contributed by atoms with Gasteiger partial charge in [-0.3, -0.25) is 14.5 Å². The Morgan fingerprint density at radius 3 is 2.38 bits per heavy atom. The molecule has 0 saturated carbocycles. The van der Waals surface area contributed by atoms with Gasteiger partial charge in [0.1, 0.15) is 11.1 Å². The number of nitrogens with zero attached hydrogens (tertiary/aromatic N) is 3. The van der Waals surface area contributed by atoms with Gasteiger partial charge in [0.25, 0.3) is 5.91 Å². The van der Waals surface area contributed by atoms with Crippen molar-refractivity contribution < 1.29 is 23.4 Å². The second kappa shape index (κ2) is 7.65. The highest BCUT2D eigenvalue weighted by Crippen LogP contribution is 2.46. The van der Waals surface area contributed by atoms with E-state index in [1.165, 1.54) is 43.1 Å². The molecule has 10 heteroatoms. The van der Waals surface area contributed by atoms with Crippen molar-refractivity contribution in [3.05, 3.63) is 69.0 Å². The van der Waals surface area contributed by atoms with Gasteiger partial charge in [0.15, 0.2) is 16.9 Å². The first kappa shape index (κ1) is 20.0. The van der Waals surface area contributed by atoms with Crippen LogP contribution in [0.4, 0.5) is 5.13 Å². The number of fused-ring (bicyclic) bond motifs is 2. The van der Waals surface area contributed by atoms with Crippen LogP contribution in [0.1, 0.15) is 27.7 Å². The molecule has 9 nitrogen and oxygen atoms in total. The first-order chi connectivity index (χ1) is 15.6. The van der Waals surface area contributed by atoms with E-state index in [0.717, 1.165) is 0 Å². The summed E-state index contributed by atoms with van der Waals surface area (Å²) in [6.45, 7) is 0. The van der Waals surface area contributed by atoms with Crippen molar-refractivity contribution in [2.24, 2.45) is 0 Å². The van der Waals surface area contributed by atoms with Gasteiger partial charge in [0.2, 0.25) is 16.6 Å². The number of aromatic nitrogens is 2. The second-order valence-electron chi connectivity index (χ2n) is 6.93. The highest BCUT2D eigenvalue weighted by molar-refractivity contribution is 7.13. The molecule has 0 aliphatic carbocycles. The van der Waals surface area contributed by atoms with Crippen LogP contribution >= 0.6 is 11.3 Å². The molecule has 5 rings (SSSR count). The lowest BCUT2D eigenvalue weighted by Gasteiger charge is -2.23. The SMILES string of the molecule is COc1cc(C2c3c(oc4ccccc4c3=O)C(=O)N2c2nncs2)cc(OC)c1OC. The summed E-state index contributed by atoms with van der Waals surface area (Å²) in [5.41, 5.74) is 2.36. The topological polar surface area (TPSA) is 104 Å². The third-order valence-electron chi connectivity index (χ3n) is 5.34. The maximum atomic E-state index is 13.5. The average Bonchev–Trinajstić information content (AvgIpc) is 3.45. The number of methoxy groups -OCH3 is 3. The van der Waals surface area contributed by atoms with Gasteiger partial charge in [0, 0.05) is 0 Å². The molecule has 4 aromatic rings. The van der Waals surface area contributed by atoms with E-state index in [2.05, 4.69) is 10.2 Å². The molecule has 2 aromatic carbocycles. The maximum absolute atomic E-state index is 13.5. The minimum absolute atomic E-state index is 0.0253. The van der Waals surface area contributed by atoms with E-state index in [9.17, 15) is 9.59 Å². The monoisotopic (exact) mass is 451 g/mol. The summed E-state index contributed by atoms with van der Waals surface area (Å²) >= 11 is 1.18. The van der Waals surface area contributed by atoms with Gasteiger partial charge < -0.3 is 18.6 Å². The summed E-state index contributed by atoms with van der Waals surface area (Å²) in [4.78, 5) is 28.4. The Morgan fingerprint density at radius 1 is 1.03 bits per heavy atom. The largest absolute Gasteiger partial charge is 0.493 e. The molecule has 0 N–H and O–H groups in total. The highest BCUT2D eigenvalue weighted by Gasteiger charge is 2.45.